The van der Waals surface area contributed by atoms with Crippen LogP contribution in [0.4, 0.5) is 16.5 Å². The SMILES string of the molecule is CC1CC(=O)Nc2ccccc2N1C(=O)CN(C)c1nc2ccccc2s1. The molecule has 2 amide bonds. The molecule has 0 saturated heterocycles. The van der Waals surface area contributed by atoms with Crippen LogP contribution in [0.1, 0.15) is 13.3 Å². The summed E-state index contributed by atoms with van der Waals surface area (Å²) in [5.74, 6) is -0.141. The maximum Gasteiger partial charge on any atom is 0.246 e. The zero-order chi connectivity index (χ0) is 19.0. The Bertz CT molecular complexity index is 983. The van der Waals surface area contributed by atoms with Crippen molar-refractivity contribution >= 4 is 49.9 Å². The third kappa shape index (κ3) is 3.38. The topological polar surface area (TPSA) is 65.5 Å². The summed E-state index contributed by atoms with van der Waals surface area (Å²) < 4.78 is 1.09. The Morgan fingerprint density at radius 2 is 2.00 bits per heavy atom. The van der Waals surface area contributed by atoms with Crippen molar-refractivity contribution < 1.29 is 9.59 Å². The third-order valence-electron chi connectivity index (χ3n) is 4.61. The Balaban J connectivity index is 1.60. The molecule has 6 nitrogen and oxygen atoms in total. The highest BCUT2D eigenvalue weighted by Gasteiger charge is 2.30. The second kappa shape index (κ2) is 7.00. The highest BCUT2D eigenvalue weighted by molar-refractivity contribution is 7.22. The molecular formula is C20H20N4O2S. The van der Waals surface area contributed by atoms with E-state index in [-0.39, 0.29) is 30.8 Å². The van der Waals surface area contributed by atoms with E-state index in [1.54, 1.807) is 16.2 Å². The second-order valence-corrected chi connectivity index (χ2v) is 7.71. The average Bonchev–Trinajstić information content (AvgIpc) is 3.02. The largest absolute Gasteiger partial charge is 0.342 e. The number of hydrogen-bond acceptors (Lipinski definition) is 5. The lowest BCUT2D eigenvalue weighted by Crippen LogP contribution is -2.44. The minimum atomic E-state index is -0.218. The molecule has 3 aromatic rings. The van der Waals surface area contributed by atoms with Crippen LogP contribution in [0.3, 0.4) is 0 Å². The number of amides is 2. The smallest absolute Gasteiger partial charge is 0.246 e. The van der Waals surface area contributed by atoms with E-state index in [2.05, 4.69) is 10.3 Å². The van der Waals surface area contributed by atoms with Gasteiger partial charge in [-0.05, 0) is 31.2 Å². The van der Waals surface area contributed by atoms with Crippen LogP contribution in [0.5, 0.6) is 0 Å². The molecule has 1 aliphatic heterocycles. The number of para-hydroxylation sites is 3. The van der Waals surface area contributed by atoms with Gasteiger partial charge < -0.3 is 15.1 Å². The highest BCUT2D eigenvalue weighted by atomic mass is 32.1. The number of thiazole rings is 1. The van der Waals surface area contributed by atoms with Crippen LogP contribution in [-0.2, 0) is 9.59 Å². The number of rotatable bonds is 3. The summed E-state index contributed by atoms with van der Waals surface area (Å²) in [5.41, 5.74) is 2.33. The minimum absolute atomic E-state index is 0.0618. The van der Waals surface area contributed by atoms with Crippen molar-refractivity contribution in [1.29, 1.82) is 0 Å². The van der Waals surface area contributed by atoms with Gasteiger partial charge in [0, 0.05) is 19.5 Å². The van der Waals surface area contributed by atoms with E-state index in [0.717, 1.165) is 21.0 Å². The van der Waals surface area contributed by atoms with E-state index in [0.29, 0.717) is 5.69 Å². The van der Waals surface area contributed by atoms with E-state index in [4.69, 9.17) is 0 Å². The van der Waals surface area contributed by atoms with Gasteiger partial charge in [-0.25, -0.2) is 4.98 Å². The van der Waals surface area contributed by atoms with E-state index >= 15 is 0 Å². The minimum Gasteiger partial charge on any atom is -0.342 e. The first kappa shape index (κ1) is 17.5. The maximum atomic E-state index is 13.2. The molecule has 1 aliphatic rings. The number of hydrogen-bond donors (Lipinski definition) is 1. The van der Waals surface area contributed by atoms with E-state index in [9.17, 15) is 9.59 Å². The van der Waals surface area contributed by atoms with Crippen LogP contribution in [0.15, 0.2) is 48.5 Å². The normalized spacial score (nSPS) is 16.6. The van der Waals surface area contributed by atoms with Gasteiger partial charge in [0.05, 0.1) is 28.1 Å². The van der Waals surface area contributed by atoms with Crippen molar-refractivity contribution in [3.63, 3.8) is 0 Å². The number of carbonyl (C=O) groups excluding carboxylic acids is 2. The second-order valence-electron chi connectivity index (χ2n) is 6.70. The number of nitrogens with one attached hydrogen (secondary N) is 1. The molecule has 0 fully saturated rings. The van der Waals surface area contributed by atoms with Crippen molar-refractivity contribution in [2.45, 2.75) is 19.4 Å². The number of carbonyl (C=O) groups is 2. The summed E-state index contributed by atoms with van der Waals surface area (Å²) in [6.45, 7) is 2.09. The summed E-state index contributed by atoms with van der Waals surface area (Å²) in [6.07, 6.45) is 0.269. The molecule has 0 saturated carbocycles. The lowest BCUT2D eigenvalue weighted by molar-refractivity contribution is -0.118. The molecule has 2 aromatic carbocycles. The standard InChI is InChI=1S/C20H20N4O2S/c1-13-11-18(25)21-14-7-3-5-9-16(14)24(13)19(26)12-23(2)20-22-15-8-4-6-10-17(15)27-20/h3-10,13H,11-12H2,1-2H3,(H,21,25). The number of likely N-dealkylation sites (N-methyl/N-ethyl adjacent to an activating group) is 1. The van der Waals surface area contributed by atoms with E-state index in [1.807, 2.05) is 67.4 Å². The van der Waals surface area contributed by atoms with Gasteiger partial charge in [0.1, 0.15) is 0 Å². The van der Waals surface area contributed by atoms with E-state index < -0.39 is 0 Å². The van der Waals surface area contributed by atoms with Gasteiger partial charge in [-0.15, -0.1) is 0 Å². The zero-order valence-corrected chi connectivity index (χ0v) is 16.0. The van der Waals surface area contributed by atoms with Crippen molar-refractivity contribution in [3.05, 3.63) is 48.5 Å². The number of aromatic nitrogens is 1. The zero-order valence-electron chi connectivity index (χ0n) is 15.2. The van der Waals surface area contributed by atoms with Gasteiger partial charge in [0.15, 0.2) is 5.13 Å². The predicted octanol–water partition coefficient (Wildman–Crippen LogP) is 3.50. The van der Waals surface area contributed by atoms with Crippen molar-refractivity contribution in [1.82, 2.24) is 4.98 Å². The van der Waals surface area contributed by atoms with Gasteiger partial charge in [-0.3, -0.25) is 9.59 Å². The van der Waals surface area contributed by atoms with Gasteiger partial charge >= 0.3 is 0 Å². The van der Waals surface area contributed by atoms with Gasteiger partial charge in [0.25, 0.3) is 0 Å². The molecule has 1 atom stereocenters. The first-order chi connectivity index (χ1) is 13.0. The monoisotopic (exact) mass is 380 g/mol. The van der Waals surface area contributed by atoms with Crippen LogP contribution in [-0.4, -0.2) is 36.4 Å². The van der Waals surface area contributed by atoms with Gasteiger partial charge in [0.2, 0.25) is 11.8 Å². The molecule has 1 unspecified atom stereocenters. The molecule has 4 rings (SSSR count). The number of fused-ring (bicyclic) bond motifs is 2. The molecule has 27 heavy (non-hydrogen) atoms. The van der Waals surface area contributed by atoms with Crippen LogP contribution in [0, 0.1) is 0 Å². The van der Waals surface area contributed by atoms with Crippen LogP contribution in [0.2, 0.25) is 0 Å². The van der Waals surface area contributed by atoms with Crippen molar-refractivity contribution in [2.24, 2.45) is 0 Å². The average molecular weight is 380 g/mol. The molecule has 0 radical (unpaired) electrons. The number of benzene rings is 2. The van der Waals surface area contributed by atoms with Gasteiger partial charge in [-0.2, -0.15) is 0 Å². The highest BCUT2D eigenvalue weighted by Crippen LogP contribution is 2.32. The molecule has 1 N–H and O–H groups in total. The van der Waals surface area contributed by atoms with Gasteiger partial charge in [-0.1, -0.05) is 35.6 Å². The summed E-state index contributed by atoms with van der Waals surface area (Å²) in [7, 11) is 1.87. The maximum absolute atomic E-state index is 13.2. The number of nitrogens with zero attached hydrogens (tertiary/aromatic N) is 3. The fourth-order valence-corrected chi connectivity index (χ4v) is 4.26. The molecular weight excluding hydrogens is 360 g/mol. The Morgan fingerprint density at radius 3 is 2.81 bits per heavy atom. The first-order valence-corrected chi connectivity index (χ1v) is 9.62. The van der Waals surface area contributed by atoms with Crippen LogP contribution >= 0.6 is 11.3 Å². The van der Waals surface area contributed by atoms with Crippen molar-refractivity contribution in [3.8, 4) is 0 Å². The lowest BCUT2D eigenvalue weighted by Gasteiger charge is -2.29. The molecule has 0 bridgehead atoms. The van der Waals surface area contributed by atoms with Crippen LogP contribution < -0.4 is 15.1 Å². The fraction of sp³-hybridized carbons (Fsp3) is 0.250. The molecule has 1 aromatic heterocycles. The lowest BCUT2D eigenvalue weighted by atomic mass is 10.1. The summed E-state index contributed by atoms with van der Waals surface area (Å²) in [6, 6.07) is 15.1. The predicted molar refractivity (Wildman–Crippen MR) is 110 cm³/mol. The Hall–Kier alpha value is -2.93. The molecule has 7 heteroatoms. The molecule has 138 valence electrons. The summed E-state index contributed by atoms with van der Waals surface area (Å²) in [5, 5.41) is 3.68. The fourth-order valence-electron chi connectivity index (χ4n) is 3.34. The third-order valence-corrected chi connectivity index (χ3v) is 5.76. The molecule has 0 spiro atoms. The molecule has 2 heterocycles. The Kier molecular flexibility index (Phi) is 4.53. The van der Waals surface area contributed by atoms with Crippen LogP contribution in [0.25, 0.3) is 10.2 Å². The van der Waals surface area contributed by atoms with E-state index in [1.165, 1.54) is 0 Å². The van der Waals surface area contributed by atoms with Crippen molar-refractivity contribution in [2.75, 3.05) is 28.7 Å². The summed E-state index contributed by atoms with van der Waals surface area (Å²) >= 11 is 1.56. The quantitative estimate of drug-likeness (QED) is 0.755. The Morgan fingerprint density at radius 1 is 1.26 bits per heavy atom. The Labute approximate surface area is 161 Å². The molecule has 0 aliphatic carbocycles. The number of anilines is 3. The summed E-state index contributed by atoms with van der Waals surface area (Å²) in [4.78, 5) is 33.4. The first-order valence-electron chi connectivity index (χ1n) is 8.80.